The van der Waals surface area contributed by atoms with Gasteiger partial charge in [0, 0.05) is 25.6 Å². The Labute approximate surface area is 144 Å². The molecule has 2 N–H and O–H groups in total. The van der Waals surface area contributed by atoms with E-state index in [9.17, 15) is 14.4 Å². The third kappa shape index (κ3) is 4.23. The van der Waals surface area contributed by atoms with E-state index in [0.29, 0.717) is 18.8 Å². The van der Waals surface area contributed by atoms with Crippen LogP contribution in [0.4, 0.5) is 5.82 Å². The molecule has 130 valence electrons. The SMILES string of the molecule is Cc1cc(NC(=O)C(=O)N[C@H]2CC(=O)N(Cc3ccccc3)C2)no1. The highest BCUT2D eigenvalue weighted by atomic mass is 16.5. The Bertz CT molecular complexity index is 787. The monoisotopic (exact) mass is 342 g/mol. The van der Waals surface area contributed by atoms with Crippen LogP contribution in [0, 0.1) is 6.92 Å². The topological polar surface area (TPSA) is 105 Å². The normalized spacial score (nSPS) is 16.8. The van der Waals surface area contributed by atoms with Crippen molar-refractivity contribution in [3.63, 3.8) is 0 Å². The minimum atomic E-state index is -0.845. The molecule has 1 fully saturated rings. The van der Waals surface area contributed by atoms with E-state index in [0.717, 1.165) is 5.56 Å². The zero-order chi connectivity index (χ0) is 17.8. The van der Waals surface area contributed by atoms with Gasteiger partial charge in [-0.05, 0) is 12.5 Å². The van der Waals surface area contributed by atoms with Crippen molar-refractivity contribution in [3.8, 4) is 0 Å². The van der Waals surface area contributed by atoms with Crippen LogP contribution >= 0.6 is 0 Å². The van der Waals surface area contributed by atoms with Crippen molar-refractivity contribution in [1.29, 1.82) is 0 Å². The first-order valence-corrected chi connectivity index (χ1v) is 7.88. The summed E-state index contributed by atoms with van der Waals surface area (Å²) >= 11 is 0. The van der Waals surface area contributed by atoms with Gasteiger partial charge in [0.1, 0.15) is 5.76 Å². The lowest BCUT2D eigenvalue weighted by Crippen LogP contribution is -2.43. The number of anilines is 1. The summed E-state index contributed by atoms with van der Waals surface area (Å²) in [4.78, 5) is 37.6. The van der Waals surface area contributed by atoms with Crippen molar-refractivity contribution in [2.24, 2.45) is 0 Å². The van der Waals surface area contributed by atoms with Crippen LogP contribution in [0.3, 0.4) is 0 Å². The number of nitrogens with one attached hydrogen (secondary N) is 2. The van der Waals surface area contributed by atoms with Gasteiger partial charge < -0.3 is 14.7 Å². The number of hydrogen-bond donors (Lipinski definition) is 2. The number of rotatable bonds is 4. The molecule has 3 amide bonds. The van der Waals surface area contributed by atoms with Crippen LogP contribution in [0.5, 0.6) is 0 Å². The molecule has 0 spiro atoms. The summed E-state index contributed by atoms with van der Waals surface area (Å²) in [7, 11) is 0. The molecule has 1 saturated heterocycles. The van der Waals surface area contributed by atoms with Crippen molar-refractivity contribution in [2.75, 3.05) is 11.9 Å². The number of nitrogens with zero attached hydrogens (tertiary/aromatic N) is 2. The number of carbonyl (C=O) groups excluding carboxylic acids is 3. The number of aromatic nitrogens is 1. The quantitative estimate of drug-likeness (QED) is 0.801. The predicted octanol–water partition coefficient (Wildman–Crippen LogP) is 0.839. The van der Waals surface area contributed by atoms with Crippen molar-refractivity contribution in [3.05, 3.63) is 47.7 Å². The lowest BCUT2D eigenvalue weighted by Gasteiger charge is -2.17. The second kappa shape index (κ2) is 7.16. The molecular weight excluding hydrogens is 324 g/mol. The molecule has 8 nitrogen and oxygen atoms in total. The van der Waals surface area contributed by atoms with Crippen LogP contribution in [0.1, 0.15) is 17.7 Å². The van der Waals surface area contributed by atoms with Gasteiger partial charge >= 0.3 is 11.8 Å². The van der Waals surface area contributed by atoms with E-state index in [1.54, 1.807) is 11.8 Å². The lowest BCUT2D eigenvalue weighted by atomic mass is 10.2. The molecule has 0 saturated carbocycles. The molecule has 0 aliphatic carbocycles. The van der Waals surface area contributed by atoms with Crippen LogP contribution in [0.25, 0.3) is 0 Å². The zero-order valence-electron chi connectivity index (χ0n) is 13.7. The average Bonchev–Trinajstić information content (AvgIpc) is 3.14. The standard InChI is InChI=1S/C17H18N4O4/c1-11-7-14(20-25-11)19-17(24)16(23)18-13-8-15(22)21(10-13)9-12-5-3-2-4-6-12/h2-7,13H,8-10H2,1H3,(H,18,23)(H,19,20,24)/t13-/m0/s1. The van der Waals surface area contributed by atoms with E-state index in [1.165, 1.54) is 6.07 Å². The van der Waals surface area contributed by atoms with E-state index in [2.05, 4.69) is 15.8 Å². The fourth-order valence-electron chi connectivity index (χ4n) is 2.67. The van der Waals surface area contributed by atoms with Crippen LogP contribution in [0.15, 0.2) is 40.9 Å². The highest BCUT2D eigenvalue weighted by Crippen LogP contribution is 2.15. The Hall–Kier alpha value is -3.16. The second-order valence-electron chi connectivity index (χ2n) is 5.91. The highest BCUT2D eigenvalue weighted by molar-refractivity contribution is 6.39. The predicted molar refractivity (Wildman–Crippen MR) is 88.3 cm³/mol. The lowest BCUT2D eigenvalue weighted by molar-refractivity contribution is -0.136. The number of carbonyl (C=O) groups is 3. The molecule has 0 unspecified atom stereocenters. The Morgan fingerprint density at radius 1 is 1.28 bits per heavy atom. The van der Waals surface area contributed by atoms with E-state index < -0.39 is 17.9 Å². The molecule has 0 radical (unpaired) electrons. The van der Waals surface area contributed by atoms with Gasteiger partial charge in [-0.15, -0.1) is 0 Å². The maximum atomic E-state index is 12.1. The fourth-order valence-corrected chi connectivity index (χ4v) is 2.67. The maximum Gasteiger partial charge on any atom is 0.314 e. The summed E-state index contributed by atoms with van der Waals surface area (Å²) in [5.41, 5.74) is 1.02. The molecule has 25 heavy (non-hydrogen) atoms. The summed E-state index contributed by atoms with van der Waals surface area (Å²) in [5.74, 6) is -1.01. The molecule has 2 heterocycles. The van der Waals surface area contributed by atoms with Gasteiger partial charge in [0.05, 0.1) is 6.04 Å². The molecular formula is C17H18N4O4. The van der Waals surface area contributed by atoms with E-state index in [-0.39, 0.29) is 18.1 Å². The number of aryl methyl sites for hydroxylation is 1. The van der Waals surface area contributed by atoms with Gasteiger partial charge in [0.2, 0.25) is 5.91 Å². The molecule has 8 heteroatoms. The number of amides is 3. The highest BCUT2D eigenvalue weighted by Gasteiger charge is 2.31. The van der Waals surface area contributed by atoms with Crippen molar-refractivity contribution in [2.45, 2.75) is 25.9 Å². The second-order valence-corrected chi connectivity index (χ2v) is 5.91. The smallest absolute Gasteiger partial charge is 0.314 e. The third-order valence-corrected chi connectivity index (χ3v) is 3.84. The first-order chi connectivity index (χ1) is 12.0. The summed E-state index contributed by atoms with van der Waals surface area (Å²) in [6.45, 7) is 2.53. The van der Waals surface area contributed by atoms with Crippen LogP contribution in [-0.4, -0.2) is 40.4 Å². The summed E-state index contributed by atoms with van der Waals surface area (Å²) < 4.78 is 4.82. The van der Waals surface area contributed by atoms with Crippen LogP contribution < -0.4 is 10.6 Å². The number of benzene rings is 1. The molecule has 1 aliphatic heterocycles. The van der Waals surface area contributed by atoms with E-state index >= 15 is 0 Å². The molecule has 1 aliphatic rings. The molecule has 1 atom stereocenters. The molecule has 0 bridgehead atoms. The van der Waals surface area contributed by atoms with Crippen LogP contribution in [-0.2, 0) is 20.9 Å². The third-order valence-electron chi connectivity index (χ3n) is 3.84. The molecule has 2 aromatic rings. The minimum Gasteiger partial charge on any atom is -0.360 e. The van der Waals surface area contributed by atoms with E-state index in [4.69, 9.17) is 4.52 Å². The van der Waals surface area contributed by atoms with Gasteiger partial charge in [-0.1, -0.05) is 35.5 Å². The van der Waals surface area contributed by atoms with Gasteiger partial charge in [-0.3, -0.25) is 19.7 Å². The van der Waals surface area contributed by atoms with Gasteiger partial charge in [-0.2, -0.15) is 0 Å². The van der Waals surface area contributed by atoms with Gasteiger partial charge in [0.25, 0.3) is 0 Å². The maximum absolute atomic E-state index is 12.1. The number of likely N-dealkylation sites (tertiary alicyclic amines) is 1. The summed E-state index contributed by atoms with van der Waals surface area (Å²) in [5, 5.41) is 8.52. The van der Waals surface area contributed by atoms with Gasteiger partial charge in [-0.25, -0.2) is 0 Å². The Balaban J connectivity index is 1.52. The Kier molecular flexibility index (Phi) is 4.78. The largest absolute Gasteiger partial charge is 0.360 e. The number of hydrogen-bond acceptors (Lipinski definition) is 5. The first kappa shape index (κ1) is 16.7. The van der Waals surface area contributed by atoms with E-state index in [1.807, 2.05) is 30.3 Å². The first-order valence-electron chi connectivity index (χ1n) is 7.88. The Morgan fingerprint density at radius 3 is 2.72 bits per heavy atom. The molecule has 1 aromatic heterocycles. The Morgan fingerprint density at radius 2 is 2.04 bits per heavy atom. The minimum absolute atomic E-state index is 0.0540. The molecule has 3 rings (SSSR count). The van der Waals surface area contributed by atoms with Crippen molar-refractivity contribution >= 4 is 23.5 Å². The van der Waals surface area contributed by atoms with Crippen molar-refractivity contribution < 1.29 is 18.9 Å². The van der Waals surface area contributed by atoms with Crippen LogP contribution in [0.2, 0.25) is 0 Å². The van der Waals surface area contributed by atoms with Gasteiger partial charge in [0.15, 0.2) is 5.82 Å². The molecule has 1 aromatic carbocycles. The zero-order valence-corrected chi connectivity index (χ0v) is 13.7. The summed E-state index contributed by atoms with van der Waals surface area (Å²) in [6, 6.07) is 10.7. The average molecular weight is 342 g/mol. The van der Waals surface area contributed by atoms with Crippen molar-refractivity contribution in [1.82, 2.24) is 15.4 Å². The fraction of sp³-hybridized carbons (Fsp3) is 0.294. The summed E-state index contributed by atoms with van der Waals surface area (Å²) in [6.07, 6.45) is 0.176.